The first-order chi connectivity index (χ1) is 9.88. The number of halogens is 1. The van der Waals surface area contributed by atoms with Gasteiger partial charge in [0.05, 0.1) is 6.20 Å². The number of hydrogen-bond acceptors (Lipinski definition) is 4. The molecule has 21 heavy (non-hydrogen) atoms. The van der Waals surface area contributed by atoms with E-state index in [2.05, 4.69) is 14.9 Å². The molecule has 2 aromatic rings. The fraction of sp³-hybridized carbons (Fsp3) is 0. The van der Waals surface area contributed by atoms with Crippen molar-refractivity contribution < 1.29 is 22.7 Å². The van der Waals surface area contributed by atoms with Gasteiger partial charge >= 0.3 is 5.97 Å². The van der Waals surface area contributed by atoms with Crippen LogP contribution in [0.15, 0.2) is 41.6 Å². The molecule has 0 fully saturated rings. The number of hydrogen-bond donors (Lipinski definition) is 3. The Bertz CT molecular complexity index is 785. The first-order valence-electron chi connectivity index (χ1n) is 5.61. The van der Waals surface area contributed by atoms with E-state index >= 15 is 0 Å². The molecule has 0 saturated carbocycles. The van der Waals surface area contributed by atoms with E-state index in [-0.39, 0.29) is 16.3 Å². The van der Waals surface area contributed by atoms with Gasteiger partial charge in [-0.25, -0.2) is 9.18 Å². The summed E-state index contributed by atoms with van der Waals surface area (Å²) in [5, 5.41) is 14.2. The summed E-state index contributed by atoms with van der Waals surface area (Å²) in [4.78, 5) is 10.4. The van der Waals surface area contributed by atoms with E-state index in [1.54, 1.807) is 0 Å². The van der Waals surface area contributed by atoms with Gasteiger partial charge in [-0.05, 0) is 30.3 Å². The van der Waals surface area contributed by atoms with Crippen molar-refractivity contribution in [2.45, 2.75) is 5.03 Å². The SMILES string of the molecule is O=C(O)/C=C/c1cc(NS(=O)(=O)c2ccn[nH]2)ccc1F. The lowest BCUT2D eigenvalue weighted by atomic mass is 10.2. The lowest BCUT2D eigenvalue weighted by Gasteiger charge is -2.07. The number of aromatic amines is 1. The van der Waals surface area contributed by atoms with E-state index in [0.29, 0.717) is 0 Å². The third kappa shape index (κ3) is 3.66. The first-order valence-corrected chi connectivity index (χ1v) is 7.09. The van der Waals surface area contributed by atoms with E-state index in [1.165, 1.54) is 24.4 Å². The smallest absolute Gasteiger partial charge is 0.328 e. The number of H-pyrrole nitrogens is 1. The lowest BCUT2D eigenvalue weighted by Crippen LogP contribution is -2.13. The number of carboxylic acids is 1. The van der Waals surface area contributed by atoms with Crippen LogP contribution in [0, 0.1) is 5.82 Å². The Hall–Kier alpha value is -2.68. The van der Waals surface area contributed by atoms with Gasteiger partial charge in [0, 0.05) is 17.3 Å². The quantitative estimate of drug-likeness (QED) is 0.723. The van der Waals surface area contributed by atoms with Crippen molar-refractivity contribution in [2.24, 2.45) is 0 Å². The molecule has 0 spiro atoms. The van der Waals surface area contributed by atoms with Gasteiger partial charge in [0.2, 0.25) is 0 Å². The van der Waals surface area contributed by atoms with Gasteiger partial charge in [-0.3, -0.25) is 9.82 Å². The summed E-state index contributed by atoms with van der Waals surface area (Å²) in [6, 6.07) is 4.70. The zero-order chi connectivity index (χ0) is 15.5. The first kappa shape index (κ1) is 14.7. The Labute approximate surface area is 119 Å². The van der Waals surface area contributed by atoms with Crippen molar-refractivity contribution in [3.05, 3.63) is 47.9 Å². The van der Waals surface area contributed by atoms with Crippen LogP contribution in [0.2, 0.25) is 0 Å². The largest absolute Gasteiger partial charge is 0.478 e. The molecule has 9 heteroatoms. The second kappa shape index (κ2) is 5.75. The molecule has 0 aliphatic carbocycles. The molecule has 110 valence electrons. The molecule has 0 atom stereocenters. The van der Waals surface area contributed by atoms with Crippen molar-refractivity contribution in [1.82, 2.24) is 10.2 Å². The Kier molecular flexibility index (Phi) is 4.03. The molecule has 3 N–H and O–H groups in total. The average Bonchev–Trinajstić information content (AvgIpc) is 2.93. The molecule has 0 unspecified atom stereocenters. The molecule has 1 aromatic heterocycles. The highest BCUT2D eigenvalue weighted by molar-refractivity contribution is 7.92. The second-order valence-electron chi connectivity index (χ2n) is 3.93. The van der Waals surface area contributed by atoms with Crippen LogP contribution in [0.4, 0.5) is 10.1 Å². The number of anilines is 1. The number of nitrogens with zero attached hydrogens (tertiary/aromatic N) is 1. The maximum atomic E-state index is 13.5. The minimum Gasteiger partial charge on any atom is -0.478 e. The third-order valence-corrected chi connectivity index (χ3v) is 3.73. The van der Waals surface area contributed by atoms with Gasteiger partial charge in [0.1, 0.15) is 5.82 Å². The van der Waals surface area contributed by atoms with E-state index in [9.17, 15) is 17.6 Å². The van der Waals surface area contributed by atoms with Gasteiger partial charge in [-0.1, -0.05) is 0 Å². The molecule has 0 aliphatic heterocycles. The Morgan fingerprint density at radius 3 is 2.76 bits per heavy atom. The number of aromatic nitrogens is 2. The number of rotatable bonds is 5. The normalized spacial score (nSPS) is 11.7. The van der Waals surface area contributed by atoms with Crippen LogP contribution in [0.3, 0.4) is 0 Å². The van der Waals surface area contributed by atoms with Crippen LogP contribution in [-0.2, 0) is 14.8 Å². The van der Waals surface area contributed by atoms with Crippen LogP contribution >= 0.6 is 0 Å². The summed E-state index contributed by atoms with van der Waals surface area (Å²) in [6.45, 7) is 0. The minimum atomic E-state index is -3.86. The number of sulfonamides is 1. The highest BCUT2D eigenvalue weighted by Crippen LogP contribution is 2.19. The molecular weight excluding hydrogens is 301 g/mol. The molecule has 0 amide bonds. The summed E-state index contributed by atoms with van der Waals surface area (Å²) in [6.07, 6.45) is 3.07. The summed E-state index contributed by atoms with van der Waals surface area (Å²) >= 11 is 0. The van der Waals surface area contributed by atoms with Crippen molar-refractivity contribution in [3.63, 3.8) is 0 Å². The molecular formula is C12H10FN3O4S. The van der Waals surface area contributed by atoms with Gasteiger partial charge in [-0.2, -0.15) is 13.5 Å². The van der Waals surface area contributed by atoms with Gasteiger partial charge in [-0.15, -0.1) is 0 Å². The maximum Gasteiger partial charge on any atom is 0.328 e. The molecule has 1 aromatic carbocycles. The van der Waals surface area contributed by atoms with E-state index in [4.69, 9.17) is 5.11 Å². The van der Waals surface area contributed by atoms with E-state index in [1.807, 2.05) is 0 Å². The van der Waals surface area contributed by atoms with Crippen molar-refractivity contribution >= 4 is 27.8 Å². The third-order valence-electron chi connectivity index (χ3n) is 2.42. The monoisotopic (exact) mass is 311 g/mol. The lowest BCUT2D eigenvalue weighted by molar-refractivity contribution is -0.131. The molecule has 0 aliphatic rings. The summed E-state index contributed by atoms with van der Waals surface area (Å²) in [7, 11) is -3.86. The summed E-state index contributed by atoms with van der Waals surface area (Å²) in [5.41, 5.74) is 0.0400. The standard InChI is InChI=1S/C12H10FN3O4S/c13-10-3-2-9(7-8(10)1-4-12(17)18)16-21(19,20)11-5-6-14-15-11/h1-7,16H,(H,14,15)(H,17,18)/b4-1+. The van der Waals surface area contributed by atoms with Gasteiger partial charge < -0.3 is 5.11 Å². The van der Waals surface area contributed by atoms with Crippen molar-refractivity contribution in [2.75, 3.05) is 4.72 Å². The Balaban J connectivity index is 2.30. The number of benzene rings is 1. The number of nitrogens with one attached hydrogen (secondary N) is 2. The fourth-order valence-corrected chi connectivity index (χ4v) is 2.46. The second-order valence-corrected chi connectivity index (χ2v) is 5.59. The van der Waals surface area contributed by atoms with Crippen LogP contribution < -0.4 is 4.72 Å². The van der Waals surface area contributed by atoms with Gasteiger partial charge in [0.25, 0.3) is 10.0 Å². The summed E-state index contributed by atoms with van der Waals surface area (Å²) in [5.74, 6) is -1.91. The molecule has 0 bridgehead atoms. The topological polar surface area (TPSA) is 112 Å². The van der Waals surface area contributed by atoms with Crippen LogP contribution in [0.5, 0.6) is 0 Å². The molecule has 1 heterocycles. The van der Waals surface area contributed by atoms with Crippen LogP contribution in [0.1, 0.15) is 5.56 Å². The highest BCUT2D eigenvalue weighted by Gasteiger charge is 2.16. The van der Waals surface area contributed by atoms with E-state index in [0.717, 1.165) is 18.2 Å². The van der Waals surface area contributed by atoms with E-state index < -0.39 is 21.8 Å². The number of carbonyl (C=O) groups is 1. The maximum absolute atomic E-state index is 13.5. The number of carboxylic acid groups (broad SMARTS) is 1. The van der Waals surface area contributed by atoms with Crippen LogP contribution in [-0.4, -0.2) is 29.7 Å². The fourth-order valence-electron chi connectivity index (χ4n) is 1.50. The van der Waals surface area contributed by atoms with Crippen molar-refractivity contribution in [1.29, 1.82) is 0 Å². The van der Waals surface area contributed by atoms with Crippen LogP contribution in [0.25, 0.3) is 6.08 Å². The predicted octanol–water partition coefficient (Wildman–Crippen LogP) is 1.45. The Morgan fingerprint density at radius 1 is 1.38 bits per heavy atom. The minimum absolute atomic E-state index is 0.0535. The molecule has 0 saturated heterocycles. The zero-order valence-electron chi connectivity index (χ0n) is 10.4. The zero-order valence-corrected chi connectivity index (χ0v) is 11.3. The Morgan fingerprint density at radius 2 is 2.14 bits per heavy atom. The molecule has 2 rings (SSSR count). The number of aliphatic carboxylic acids is 1. The predicted molar refractivity (Wildman–Crippen MR) is 72.5 cm³/mol. The summed E-state index contributed by atoms with van der Waals surface area (Å²) < 4.78 is 39.6. The van der Waals surface area contributed by atoms with Crippen molar-refractivity contribution in [3.8, 4) is 0 Å². The molecule has 0 radical (unpaired) electrons. The molecule has 7 nitrogen and oxygen atoms in total. The van der Waals surface area contributed by atoms with Gasteiger partial charge in [0.15, 0.2) is 5.03 Å². The average molecular weight is 311 g/mol. The highest BCUT2D eigenvalue weighted by atomic mass is 32.2.